The minimum atomic E-state index is -4.46. The molecule has 0 atom stereocenters. The van der Waals surface area contributed by atoms with E-state index in [0.29, 0.717) is 5.75 Å². The fraction of sp³-hybridized carbons (Fsp3) is 0.300. The van der Waals surface area contributed by atoms with Crippen molar-refractivity contribution in [2.45, 2.75) is 26.6 Å². The maximum atomic E-state index is 12.6. The van der Waals surface area contributed by atoms with Gasteiger partial charge >= 0.3 is 6.18 Å². The molecule has 2 rings (SSSR count). The highest BCUT2D eigenvalue weighted by atomic mass is 19.4. The summed E-state index contributed by atoms with van der Waals surface area (Å²) in [6.07, 6.45) is -4.46. The Morgan fingerprint density at radius 2 is 1.57 bits per heavy atom. The van der Waals surface area contributed by atoms with Crippen molar-refractivity contribution in [3.05, 3.63) is 59.7 Å². The number of halogens is 3. The molecule has 8 heteroatoms. The summed E-state index contributed by atoms with van der Waals surface area (Å²) in [5, 5.41) is 5.15. The minimum absolute atomic E-state index is 0.167. The fourth-order valence-electron chi connectivity index (χ4n) is 2.38. The number of benzene rings is 2. The molecule has 150 valence electrons. The Labute approximate surface area is 160 Å². The topological polar surface area (TPSA) is 67.4 Å². The molecule has 2 aromatic rings. The van der Waals surface area contributed by atoms with E-state index in [-0.39, 0.29) is 12.2 Å². The maximum Gasteiger partial charge on any atom is 0.416 e. The van der Waals surface area contributed by atoms with Gasteiger partial charge in [-0.15, -0.1) is 0 Å². The number of nitrogens with one attached hydrogen (secondary N) is 2. The van der Waals surface area contributed by atoms with Crippen LogP contribution in [0.15, 0.2) is 48.5 Å². The Kier molecular flexibility index (Phi) is 6.33. The van der Waals surface area contributed by atoms with Gasteiger partial charge in [0.15, 0.2) is 0 Å². The molecule has 0 saturated carbocycles. The van der Waals surface area contributed by atoms with Crippen LogP contribution in [0.1, 0.15) is 25.0 Å². The third-order valence-corrected chi connectivity index (χ3v) is 4.24. The zero-order valence-corrected chi connectivity index (χ0v) is 15.7. The van der Waals surface area contributed by atoms with Crippen LogP contribution in [0.5, 0.6) is 5.75 Å². The first-order valence-corrected chi connectivity index (χ1v) is 8.44. The zero-order chi connectivity index (χ0) is 20.9. The molecule has 0 aliphatic heterocycles. The van der Waals surface area contributed by atoms with Crippen LogP contribution in [-0.4, -0.2) is 18.9 Å². The van der Waals surface area contributed by atoms with E-state index < -0.39 is 29.0 Å². The van der Waals surface area contributed by atoms with Crippen LogP contribution in [0.25, 0.3) is 0 Å². The number of para-hydroxylation sites is 1. The second-order valence-electron chi connectivity index (χ2n) is 6.65. The first-order valence-electron chi connectivity index (χ1n) is 8.44. The molecule has 28 heavy (non-hydrogen) atoms. The Morgan fingerprint density at radius 3 is 2.14 bits per heavy atom. The second-order valence-corrected chi connectivity index (χ2v) is 6.65. The van der Waals surface area contributed by atoms with Gasteiger partial charge in [0.2, 0.25) is 11.8 Å². The molecule has 0 aliphatic rings. The molecule has 0 radical (unpaired) electrons. The summed E-state index contributed by atoms with van der Waals surface area (Å²) >= 11 is 0. The van der Waals surface area contributed by atoms with Gasteiger partial charge in [0.25, 0.3) is 0 Å². The highest BCUT2D eigenvalue weighted by molar-refractivity contribution is 6.09. The third kappa shape index (κ3) is 5.03. The molecule has 0 saturated heterocycles. The fourth-order valence-corrected chi connectivity index (χ4v) is 2.38. The van der Waals surface area contributed by atoms with Crippen LogP contribution in [0.3, 0.4) is 0 Å². The quantitative estimate of drug-likeness (QED) is 0.728. The average molecular weight is 394 g/mol. The summed E-state index contributed by atoms with van der Waals surface area (Å²) in [6, 6.07) is 11.2. The molecule has 0 spiro atoms. The van der Waals surface area contributed by atoms with Crippen molar-refractivity contribution in [2.24, 2.45) is 5.41 Å². The number of alkyl halides is 3. The minimum Gasteiger partial charge on any atom is -0.496 e. The van der Waals surface area contributed by atoms with Crippen molar-refractivity contribution >= 4 is 17.5 Å². The van der Waals surface area contributed by atoms with E-state index in [1.807, 2.05) is 0 Å². The van der Waals surface area contributed by atoms with Crippen molar-refractivity contribution < 1.29 is 27.5 Å². The monoisotopic (exact) mass is 394 g/mol. The lowest BCUT2D eigenvalue weighted by atomic mass is 9.90. The van der Waals surface area contributed by atoms with Crippen LogP contribution >= 0.6 is 0 Å². The Morgan fingerprint density at radius 1 is 0.964 bits per heavy atom. The van der Waals surface area contributed by atoms with Crippen molar-refractivity contribution in [3.63, 3.8) is 0 Å². The van der Waals surface area contributed by atoms with E-state index >= 15 is 0 Å². The van der Waals surface area contributed by atoms with E-state index in [4.69, 9.17) is 4.74 Å². The molecule has 0 aliphatic carbocycles. The number of anilines is 1. The van der Waals surface area contributed by atoms with Crippen LogP contribution in [0.4, 0.5) is 18.9 Å². The Hall–Kier alpha value is -3.03. The van der Waals surface area contributed by atoms with E-state index in [1.165, 1.54) is 21.0 Å². The number of hydrogen-bond donors (Lipinski definition) is 2. The van der Waals surface area contributed by atoms with Gasteiger partial charge < -0.3 is 15.4 Å². The predicted octanol–water partition coefficient (Wildman–Crippen LogP) is 4.00. The molecule has 0 fully saturated rings. The number of carbonyl (C=O) groups is 2. The van der Waals surface area contributed by atoms with Crippen molar-refractivity contribution in [3.8, 4) is 5.75 Å². The highest BCUT2D eigenvalue weighted by Gasteiger charge is 2.36. The van der Waals surface area contributed by atoms with Gasteiger partial charge in [-0.1, -0.05) is 18.2 Å². The van der Waals surface area contributed by atoms with Gasteiger partial charge in [0.05, 0.1) is 12.7 Å². The highest BCUT2D eigenvalue weighted by Crippen LogP contribution is 2.30. The normalized spacial score (nSPS) is 11.6. The van der Waals surface area contributed by atoms with Crippen LogP contribution in [0.2, 0.25) is 0 Å². The van der Waals surface area contributed by atoms with Crippen molar-refractivity contribution in [2.75, 3.05) is 12.4 Å². The summed E-state index contributed by atoms with van der Waals surface area (Å²) < 4.78 is 43.0. The summed E-state index contributed by atoms with van der Waals surface area (Å²) in [4.78, 5) is 25.0. The summed E-state index contributed by atoms with van der Waals surface area (Å²) in [5.41, 5.74) is -1.34. The zero-order valence-electron chi connectivity index (χ0n) is 15.7. The molecular formula is C20H21F3N2O3. The SMILES string of the molecule is COc1ccccc1CNC(=O)C(C)(C)C(=O)Nc1ccc(C(F)(F)F)cc1. The van der Waals surface area contributed by atoms with Crippen LogP contribution < -0.4 is 15.4 Å². The van der Waals surface area contributed by atoms with Gasteiger partial charge in [-0.2, -0.15) is 13.2 Å². The lowest BCUT2D eigenvalue weighted by molar-refractivity contribution is -0.139. The largest absolute Gasteiger partial charge is 0.496 e. The van der Waals surface area contributed by atoms with Gasteiger partial charge in [-0.3, -0.25) is 9.59 Å². The van der Waals surface area contributed by atoms with Gasteiger partial charge in [-0.25, -0.2) is 0 Å². The average Bonchev–Trinajstić information content (AvgIpc) is 2.65. The van der Waals surface area contributed by atoms with Crippen molar-refractivity contribution in [1.82, 2.24) is 5.32 Å². The van der Waals surface area contributed by atoms with Gasteiger partial charge in [0.1, 0.15) is 11.2 Å². The maximum absolute atomic E-state index is 12.6. The molecule has 0 bridgehead atoms. The Balaban J connectivity index is 2.02. The predicted molar refractivity (Wildman–Crippen MR) is 98.7 cm³/mol. The second kappa shape index (κ2) is 8.33. The molecule has 5 nitrogen and oxygen atoms in total. The first-order chi connectivity index (χ1) is 13.1. The molecule has 0 heterocycles. The lowest BCUT2D eigenvalue weighted by Gasteiger charge is -2.23. The number of methoxy groups -OCH3 is 1. The van der Waals surface area contributed by atoms with Crippen LogP contribution in [-0.2, 0) is 22.3 Å². The molecule has 2 amide bonds. The molecular weight excluding hydrogens is 373 g/mol. The van der Waals surface area contributed by atoms with Crippen LogP contribution in [0, 0.1) is 5.41 Å². The van der Waals surface area contributed by atoms with E-state index in [9.17, 15) is 22.8 Å². The molecule has 2 aromatic carbocycles. The standard InChI is InChI=1S/C20H21F3N2O3/c1-19(2,17(26)24-12-13-6-4-5-7-16(13)28-3)18(27)25-15-10-8-14(9-11-15)20(21,22)23/h4-11H,12H2,1-3H3,(H,24,26)(H,25,27). The van der Waals surface area contributed by atoms with Crippen molar-refractivity contribution in [1.29, 1.82) is 0 Å². The third-order valence-electron chi connectivity index (χ3n) is 4.24. The van der Waals surface area contributed by atoms with Gasteiger partial charge in [-0.05, 0) is 44.2 Å². The number of amides is 2. The smallest absolute Gasteiger partial charge is 0.416 e. The number of ether oxygens (including phenoxy) is 1. The lowest BCUT2D eigenvalue weighted by Crippen LogP contribution is -2.44. The number of hydrogen-bond acceptors (Lipinski definition) is 3. The number of carbonyl (C=O) groups excluding carboxylic acids is 2. The summed E-state index contributed by atoms with van der Waals surface area (Å²) in [6.45, 7) is 3.04. The summed E-state index contributed by atoms with van der Waals surface area (Å²) in [5.74, 6) is -0.553. The number of rotatable bonds is 6. The van der Waals surface area contributed by atoms with E-state index in [1.54, 1.807) is 24.3 Å². The van der Waals surface area contributed by atoms with Gasteiger partial charge in [0, 0.05) is 17.8 Å². The Bertz CT molecular complexity index is 847. The summed E-state index contributed by atoms with van der Waals surface area (Å²) in [7, 11) is 1.52. The van der Waals surface area contributed by atoms with E-state index in [2.05, 4.69) is 10.6 Å². The first kappa shape index (κ1) is 21.3. The molecule has 0 aromatic heterocycles. The van der Waals surface area contributed by atoms with E-state index in [0.717, 1.165) is 29.8 Å². The molecule has 2 N–H and O–H groups in total. The molecule has 0 unspecified atom stereocenters.